The number of aromatic nitrogens is 1. The fourth-order valence-corrected chi connectivity index (χ4v) is 3.47. The van der Waals surface area contributed by atoms with Crippen molar-refractivity contribution in [2.24, 2.45) is 0 Å². The predicted octanol–water partition coefficient (Wildman–Crippen LogP) is 2.24. The van der Waals surface area contributed by atoms with Gasteiger partial charge in [0.1, 0.15) is 10.0 Å². The number of pyridine rings is 1. The molecular formula is C11H12N4O4S2. The van der Waals surface area contributed by atoms with E-state index >= 15 is 0 Å². The molecule has 0 bridgehead atoms. The lowest BCUT2D eigenvalue weighted by Crippen LogP contribution is -1.95. The molecule has 21 heavy (non-hydrogen) atoms. The van der Waals surface area contributed by atoms with Crippen molar-refractivity contribution in [3.63, 3.8) is 0 Å². The minimum Gasteiger partial charge on any atom is -0.373 e. The zero-order valence-corrected chi connectivity index (χ0v) is 12.8. The van der Waals surface area contributed by atoms with Gasteiger partial charge in [0.15, 0.2) is 14.8 Å². The van der Waals surface area contributed by atoms with E-state index in [-0.39, 0.29) is 14.9 Å². The molecule has 0 saturated carbocycles. The van der Waals surface area contributed by atoms with Crippen LogP contribution in [0.4, 0.5) is 22.2 Å². The van der Waals surface area contributed by atoms with E-state index in [1.54, 1.807) is 19.2 Å². The first-order valence-corrected chi connectivity index (χ1v) is 8.41. The van der Waals surface area contributed by atoms with Gasteiger partial charge in [0, 0.05) is 19.4 Å². The third-order valence-corrected chi connectivity index (χ3v) is 5.37. The molecule has 0 unspecified atom stereocenters. The zero-order chi connectivity index (χ0) is 15.6. The lowest BCUT2D eigenvalue weighted by molar-refractivity contribution is -0.383. The first-order chi connectivity index (χ1) is 9.81. The summed E-state index contributed by atoms with van der Waals surface area (Å²) in [4.78, 5) is 14.4. The third kappa shape index (κ3) is 3.47. The van der Waals surface area contributed by atoms with Crippen molar-refractivity contribution < 1.29 is 13.3 Å². The lowest BCUT2D eigenvalue weighted by atomic mass is 10.4. The molecule has 2 rings (SSSR count). The Labute approximate surface area is 124 Å². The van der Waals surface area contributed by atoms with Crippen LogP contribution in [-0.4, -0.2) is 31.6 Å². The molecule has 0 amide bonds. The molecular weight excluding hydrogens is 316 g/mol. The molecule has 0 saturated heterocycles. The van der Waals surface area contributed by atoms with E-state index in [1.165, 1.54) is 6.20 Å². The van der Waals surface area contributed by atoms with Crippen molar-refractivity contribution in [3.05, 3.63) is 34.5 Å². The van der Waals surface area contributed by atoms with E-state index in [4.69, 9.17) is 0 Å². The summed E-state index contributed by atoms with van der Waals surface area (Å²) < 4.78 is 22.9. The highest BCUT2D eigenvalue weighted by Gasteiger charge is 2.23. The second-order valence-corrected chi connectivity index (χ2v) is 7.41. The summed E-state index contributed by atoms with van der Waals surface area (Å²) in [5.41, 5.74) is 0.247. The van der Waals surface area contributed by atoms with E-state index in [0.29, 0.717) is 11.5 Å². The summed E-state index contributed by atoms with van der Waals surface area (Å²) in [6, 6.07) is 4.43. The van der Waals surface area contributed by atoms with Gasteiger partial charge in [0.05, 0.1) is 16.8 Å². The van der Waals surface area contributed by atoms with Crippen molar-refractivity contribution in [1.82, 2.24) is 4.98 Å². The number of thiophene rings is 1. The summed E-state index contributed by atoms with van der Waals surface area (Å²) in [6.07, 6.45) is 2.50. The quantitative estimate of drug-likeness (QED) is 0.639. The van der Waals surface area contributed by atoms with Crippen LogP contribution in [0.25, 0.3) is 0 Å². The molecule has 2 aromatic rings. The molecule has 2 N–H and O–H groups in total. The molecule has 0 aliphatic heterocycles. The summed E-state index contributed by atoms with van der Waals surface area (Å²) in [5.74, 6) is 0.651. The van der Waals surface area contributed by atoms with Gasteiger partial charge in [-0.2, -0.15) is 0 Å². The van der Waals surface area contributed by atoms with Gasteiger partial charge in [-0.15, -0.1) is 0 Å². The molecule has 2 aromatic heterocycles. The van der Waals surface area contributed by atoms with Crippen molar-refractivity contribution >= 4 is 43.4 Å². The Morgan fingerprint density at radius 1 is 1.38 bits per heavy atom. The summed E-state index contributed by atoms with van der Waals surface area (Å²) in [5, 5.41) is 16.8. The average molecular weight is 328 g/mol. The maximum atomic E-state index is 11.5. The average Bonchev–Trinajstić information content (AvgIpc) is 2.84. The Morgan fingerprint density at radius 3 is 2.57 bits per heavy atom. The monoisotopic (exact) mass is 328 g/mol. The van der Waals surface area contributed by atoms with Crippen LogP contribution >= 0.6 is 11.3 Å². The van der Waals surface area contributed by atoms with Crippen molar-refractivity contribution in [1.29, 1.82) is 0 Å². The number of sulfone groups is 1. The second kappa shape index (κ2) is 5.66. The second-order valence-electron chi connectivity index (χ2n) is 4.12. The van der Waals surface area contributed by atoms with Crippen molar-refractivity contribution in [2.75, 3.05) is 23.9 Å². The smallest absolute Gasteiger partial charge is 0.305 e. The molecule has 2 heterocycles. The third-order valence-electron chi connectivity index (χ3n) is 2.53. The van der Waals surface area contributed by atoms with Crippen molar-refractivity contribution in [2.45, 2.75) is 4.21 Å². The maximum Gasteiger partial charge on any atom is 0.305 e. The van der Waals surface area contributed by atoms with Crippen LogP contribution in [0.15, 0.2) is 28.6 Å². The molecule has 8 nitrogen and oxygen atoms in total. The number of nitrogens with zero attached hydrogens (tertiary/aromatic N) is 2. The zero-order valence-electron chi connectivity index (χ0n) is 11.2. The highest BCUT2D eigenvalue weighted by molar-refractivity contribution is 7.92. The minimum absolute atomic E-state index is 0.0588. The van der Waals surface area contributed by atoms with Gasteiger partial charge in [-0.1, -0.05) is 11.3 Å². The van der Waals surface area contributed by atoms with Crippen LogP contribution in [0.5, 0.6) is 0 Å². The number of hydrogen-bond donors (Lipinski definition) is 2. The Bertz CT molecular complexity index is 768. The van der Waals surface area contributed by atoms with Crippen LogP contribution in [0.3, 0.4) is 0 Å². The molecule has 0 spiro atoms. The number of anilines is 3. The minimum atomic E-state index is -3.49. The van der Waals surface area contributed by atoms with E-state index in [2.05, 4.69) is 15.6 Å². The lowest BCUT2D eigenvalue weighted by Gasteiger charge is -2.04. The number of nitro groups is 1. The Hall–Kier alpha value is -2.20. The molecule has 0 aliphatic carbocycles. The number of nitrogens with one attached hydrogen (secondary N) is 2. The highest BCUT2D eigenvalue weighted by Crippen LogP contribution is 2.38. The standard InChI is InChI=1S/C11H12N4O4S2/c1-12-9-4-3-7(6-13-9)14-11-8(15(16)17)5-10(20-11)21(2,18)19/h3-6,14H,1-2H3,(H,12,13). The molecule has 0 aromatic carbocycles. The fraction of sp³-hybridized carbons (Fsp3) is 0.182. The number of hydrogen-bond acceptors (Lipinski definition) is 8. The Kier molecular flexibility index (Phi) is 4.09. The fourth-order valence-electron chi connectivity index (χ4n) is 1.51. The molecule has 10 heteroatoms. The molecule has 0 aliphatic rings. The largest absolute Gasteiger partial charge is 0.373 e. The molecule has 0 atom stereocenters. The first kappa shape index (κ1) is 15.2. The number of rotatable bonds is 5. The summed E-state index contributed by atoms with van der Waals surface area (Å²) in [6.45, 7) is 0. The van der Waals surface area contributed by atoms with E-state index in [1.807, 2.05) is 0 Å². The Balaban J connectivity index is 2.38. The summed E-state index contributed by atoms with van der Waals surface area (Å²) >= 11 is 0.815. The van der Waals surface area contributed by atoms with Gasteiger partial charge in [-0.25, -0.2) is 13.4 Å². The SMILES string of the molecule is CNc1ccc(Nc2sc(S(C)(=O)=O)cc2[N+](=O)[O-])cn1. The van der Waals surface area contributed by atoms with Gasteiger partial charge in [0.2, 0.25) is 0 Å². The highest BCUT2D eigenvalue weighted by atomic mass is 32.2. The van der Waals surface area contributed by atoms with Crippen LogP contribution in [0, 0.1) is 10.1 Å². The van der Waals surface area contributed by atoms with Gasteiger partial charge in [0.25, 0.3) is 0 Å². The molecule has 0 radical (unpaired) electrons. The van der Waals surface area contributed by atoms with E-state index in [9.17, 15) is 18.5 Å². The van der Waals surface area contributed by atoms with Crippen LogP contribution in [0.1, 0.15) is 0 Å². The van der Waals surface area contributed by atoms with Gasteiger partial charge in [-0.05, 0) is 12.1 Å². The van der Waals surface area contributed by atoms with Crippen LogP contribution in [-0.2, 0) is 9.84 Å². The Morgan fingerprint density at radius 2 is 2.10 bits per heavy atom. The molecule has 112 valence electrons. The van der Waals surface area contributed by atoms with E-state index < -0.39 is 14.8 Å². The summed E-state index contributed by atoms with van der Waals surface area (Å²) in [7, 11) is -1.77. The van der Waals surface area contributed by atoms with Gasteiger partial charge < -0.3 is 10.6 Å². The van der Waals surface area contributed by atoms with Crippen LogP contribution < -0.4 is 10.6 Å². The van der Waals surface area contributed by atoms with Crippen LogP contribution in [0.2, 0.25) is 0 Å². The predicted molar refractivity (Wildman–Crippen MR) is 81.1 cm³/mol. The normalized spacial score (nSPS) is 11.1. The van der Waals surface area contributed by atoms with E-state index in [0.717, 1.165) is 23.7 Å². The van der Waals surface area contributed by atoms with Crippen molar-refractivity contribution in [3.8, 4) is 0 Å². The molecule has 0 fully saturated rings. The van der Waals surface area contributed by atoms with Gasteiger partial charge >= 0.3 is 5.69 Å². The van der Waals surface area contributed by atoms with Gasteiger partial charge in [-0.3, -0.25) is 10.1 Å². The maximum absolute atomic E-state index is 11.5. The topological polar surface area (TPSA) is 114 Å². The first-order valence-electron chi connectivity index (χ1n) is 5.70.